The van der Waals surface area contributed by atoms with Crippen molar-refractivity contribution in [3.05, 3.63) is 0 Å². The van der Waals surface area contributed by atoms with E-state index >= 15 is 0 Å². The van der Waals surface area contributed by atoms with Crippen LogP contribution in [0.5, 0.6) is 0 Å². The Hall–Kier alpha value is -0.610. The molecule has 0 N–H and O–H groups in total. The molecule has 0 aromatic heterocycles. The van der Waals surface area contributed by atoms with Crippen LogP contribution in [0, 0.1) is 5.92 Å². The molecule has 0 spiro atoms. The van der Waals surface area contributed by atoms with Gasteiger partial charge in [0.15, 0.2) is 5.60 Å². The Morgan fingerprint density at radius 3 is 2.25 bits per heavy atom. The monoisotopic (exact) mass is 230 g/mol. The average molecular weight is 230 g/mol. The first kappa shape index (κ1) is 13.5. The van der Waals surface area contributed by atoms with Crippen molar-refractivity contribution in [3.8, 4) is 0 Å². The second kappa shape index (κ2) is 4.34. The molecule has 4 heteroatoms. The van der Waals surface area contributed by atoms with Gasteiger partial charge < -0.3 is 14.2 Å². The van der Waals surface area contributed by atoms with Crippen molar-refractivity contribution in [2.45, 2.75) is 51.4 Å². The van der Waals surface area contributed by atoms with Crippen LogP contribution in [0.2, 0.25) is 0 Å². The summed E-state index contributed by atoms with van der Waals surface area (Å²) < 4.78 is 15.8. The van der Waals surface area contributed by atoms with E-state index in [1.54, 1.807) is 7.11 Å². The van der Waals surface area contributed by atoms with E-state index in [0.29, 0.717) is 12.3 Å². The Morgan fingerprint density at radius 1 is 1.31 bits per heavy atom. The van der Waals surface area contributed by atoms with Crippen molar-refractivity contribution in [3.63, 3.8) is 0 Å². The van der Waals surface area contributed by atoms with Gasteiger partial charge in [0.05, 0.1) is 13.2 Å². The van der Waals surface area contributed by atoms with Gasteiger partial charge in [-0.05, 0) is 26.2 Å². The fraction of sp³-hybridized carbons (Fsp3) is 0.917. The minimum Gasteiger partial charge on any atom is -0.467 e. The first-order chi connectivity index (χ1) is 7.34. The summed E-state index contributed by atoms with van der Waals surface area (Å²) in [5.74, 6) is 0.0672. The lowest BCUT2D eigenvalue weighted by Crippen LogP contribution is -2.41. The van der Waals surface area contributed by atoms with Crippen molar-refractivity contribution in [1.82, 2.24) is 0 Å². The van der Waals surface area contributed by atoms with Crippen LogP contribution >= 0.6 is 0 Å². The molecule has 0 radical (unpaired) electrons. The smallest absolute Gasteiger partial charge is 0.341 e. The van der Waals surface area contributed by atoms with E-state index in [-0.39, 0.29) is 12.1 Å². The van der Waals surface area contributed by atoms with Crippen LogP contribution in [0.15, 0.2) is 0 Å². The molecule has 1 fully saturated rings. The molecular formula is C12H22O4. The molecular weight excluding hydrogens is 208 g/mol. The Bertz CT molecular complexity index is 276. The molecule has 1 saturated heterocycles. The Labute approximate surface area is 97.2 Å². The van der Waals surface area contributed by atoms with Crippen LogP contribution < -0.4 is 0 Å². The fourth-order valence-electron chi connectivity index (χ4n) is 2.28. The zero-order valence-corrected chi connectivity index (χ0v) is 11.0. The molecule has 1 aliphatic rings. The second-order valence-electron chi connectivity index (χ2n) is 5.00. The molecule has 1 heterocycles. The van der Waals surface area contributed by atoms with E-state index in [1.807, 2.05) is 13.8 Å². The van der Waals surface area contributed by atoms with Crippen LogP contribution in [0.25, 0.3) is 0 Å². The van der Waals surface area contributed by atoms with Gasteiger partial charge in [-0.15, -0.1) is 0 Å². The maximum Gasteiger partial charge on any atom is 0.341 e. The summed E-state index contributed by atoms with van der Waals surface area (Å²) in [7, 11) is 3.01. The van der Waals surface area contributed by atoms with Gasteiger partial charge >= 0.3 is 5.97 Å². The number of epoxide rings is 1. The van der Waals surface area contributed by atoms with Crippen LogP contribution in [0.3, 0.4) is 0 Å². The highest BCUT2D eigenvalue weighted by molar-refractivity contribution is 5.85. The third kappa shape index (κ3) is 1.84. The summed E-state index contributed by atoms with van der Waals surface area (Å²) in [4.78, 5) is 11.9. The number of hydrogen-bond donors (Lipinski definition) is 0. The van der Waals surface area contributed by atoms with Crippen molar-refractivity contribution < 1.29 is 19.0 Å². The lowest BCUT2D eigenvalue weighted by atomic mass is 9.83. The van der Waals surface area contributed by atoms with E-state index in [2.05, 4.69) is 13.8 Å². The summed E-state index contributed by atoms with van der Waals surface area (Å²) in [5.41, 5.74) is -1.40. The largest absolute Gasteiger partial charge is 0.467 e. The molecule has 3 unspecified atom stereocenters. The lowest BCUT2D eigenvalue weighted by Gasteiger charge is -2.20. The molecule has 94 valence electrons. The second-order valence-corrected chi connectivity index (χ2v) is 5.00. The van der Waals surface area contributed by atoms with Crippen molar-refractivity contribution >= 4 is 5.97 Å². The minimum absolute atomic E-state index is 0.134. The third-order valence-electron chi connectivity index (χ3n) is 3.49. The molecule has 0 aromatic rings. The maximum absolute atomic E-state index is 11.9. The van der Waals surface area contributed by atoms with E-state index in [0.717, 1.165) is 0 Å². The van der Waals surface area contributed by atoms with Crippen LogP contribution in [0.4, 0.5) is 0 Å². The van der Waals surface area contributed by atoms with E-state index in [4.69, 9.17) is 14.2 Å². The van der Waals surface area contributed by atoms with Gasteiger partial charge in [0.1, 0.15) is 5.60 Å². The molecule has 0 aromatic carbocycles. The first-order valence-corrected chi connectivity index (χ1v) is 5.65. The number of ether oxygens (including phenoxy) is 3. The number of esters is 1. The van der Waals surface area contributed by atoms with E-state index < -0.39 is 11.2 Å². The van der Waals surface area contributed by atoms with Gasteiger partial charge in [0.2, 0.25) is 0 Å². The molecule has 1 rings (SSSR count). The van der Waals surface area contributed by atoms with Gasteiger partial charge in [-0.25, -0.2) is 4.79 Å². The molecule has 1 aliphatic heterocycles. The van der Waals surface area contributed by atoms with E-state index in [1.165, 1.54) is 7.11 Å². The van der Waals surface area contributed by atoms with Crippen molar-refractivity contribution in [1.29, 1.82) is 0 Å². The van der Waals surface area contributed by atoms with Crippen LogP contribution in [0.1, 0.15) is 34.1 Å². The average Bonchev–Trinajstić information content (AvgIpc) is 2.83. The highest BCUT2D eigenvalue weighted by Gasteiger charge is 2.75. The lowest BCUT2D eigenvalue weighted by molar-refractivity contribution is -0.147. The zero-order valence-electron chi connectivity index (χ0n) is 11.0. The number of carbonyl (C=O) groups is 1. The number of rotatable bonds is 5. The van der Waals surface area contributed by atoms with Crippen molar-refractivity contribution in [2.24, 2.45) is 5.92 Å². The minimum atomic E-state index is -0.828. The summed E-state index contributed by atoms with van der Waals surface area (Å²) >= 11 is 0. The van der Waals surface area contributed by atoms with E-state index in [9.17, 15) is 4.79 Å². The highest BCUT2D eigenvalue weighted by atomic mass is 16.7. The molecule has 0 bridgehead atoms. The summed E-state index contributed by atoms with van der Waals surface area (Å²) in [6.45, 7) is 7.93. The summed E-state index contributed by atoms with van der Waals surface area (Å²) in [5, 5.41) is 0. The van der Waals surface area contributed by atoms with Gasteiger partial charge in [0.25, 0.3) is 0 Å². The Morgan fingerprint density at radius 2 is 1.88 bits per heavy atom. The summed E-state index contributed by atoms with van der Waals surface area (Å²) in [6, 6.07) is 0. The predicted molar refractivity (Wildman–Crippen MR) is 60.2 cm³/mol. The Balaban J connectivity index is 2.90. The van der Waals surface area contributed by atoms with Gasteiger partial charge in [-0.1, -0.05) is 13.8 Å². The zero-order chi connectivity index (χ0) is 12.6. The molecule has 16 heavy (non-hydrogen) atoms. The topological polar surface area (TPSA) is 48.1 Å². The van der Waals surface area contributed by atoms with Gasteiger partial charge in [-0.3, -0.25) is 0 Å². The quantitative estimate of drug-likeness (QED) is 0.533. The molecule has 0 aliphatic carbocycles. The van der Waals surface area contributed by atoms with Crippen LogP contribution in [-0.2, 0) is 19.0 Å². The van der Waals surface area contributed by atoms with Gasteiger partial charge in [0, 0.05) is 7.11 Å². The standard InChI is InChI=1S/C12H22O4/c1-8(2)7-12(10(13)15-6)11(4,16-12)9(3)14-5/h8-9H,7H2,1-6H3. The molecule has 0 amide bonds. The first-order valence-electron chi connectivity index (χ1n) is 5.65. The van der Waals surface area contributed by atoms with Gasteiger partial charge in [-0.2, -0.15) is 0 Å². The summed E-state index contributed by atoms with van der Waals surface area (Å²) in [6.07, 6.45) is 0.523. The number of methoxy groups -OCH3 is 2. The molecule has 3 atom stereocenters. The highest BCUT2D eigenvalue weighted by Crippen LogP contribution is 2.55. The molecule has 4 nitrogen and oxygen atoms in total. The fourth-order valence-corrected chi connectivity index (χ4v) is 2.28. The third-order valence-corrected chi connectivity index (χ3v) is 3.49. The van der Waals surface area contributed by atoms with Crippen LogP contribution in [-0.4, -0.2) is 37.5 Å². The number of carbonyl (C=O) groups excluding carboxylic acids is 1. The maximum atomic E-state index is 11.9. The SMILES string of the molecule is COC(=O)C1(CC(C)C)OC1(C)C(C)OC. The molecule has 0 saturated carbocycles. The van der Waals surface area contributed by atoms with Crippen molar-refractivity contribution in [2.75, 3.05) is 14.2 Å². The number of hydrogen-bond acceptors (Lipinski definition) is 4. The Kier molecular flexibility index (Phi) is 3.65. The predicted octanol–water partition coefficient (Wildman–Crippen LogP) is 1.77. The normalized spacial score (nSPS) is 34.9.